The Hall–Kier alpha value is -1.03. The summed E-state index contributed by atoms with van der Waals surface area (Å²) in [5.41, 5.74) is -0.385. The number of phenols is 1. The highest BCUT2D eigenvalue weighted by molar-refractivity contribution is 9.10. The van der Waals surface area contributed by atoms with Gasteiger partial charge in [-0.1, -0.05) is 34.8 Å². The molecule has 0 atom stereocenters. The predicted octanol–water partition coefficient (Wildman–Crippen LogP) is 3.05. The van der Waals surface area contributed by atoms with Crippen molar-refractivity contribution < 1.29 is 15.0 Å². The molecule has 0 radical (unpaired) electrons. The van der Waals surface area contributed by atoms with Crippen LogP contribution in [0, 0.1) is 0 Å². The van der Waals surface area contributed by atoms with Crippen LogP contribution in [0.5, 0.6) is 5.75 Å². The first-order valence-corrected chi connectivity index (χ1v) is 6.08. The van der Waals surface area contributed by atoms with Crippen LogP contribution >= 0.6 is 15.9 Å². The van der Waals surface area contributed by atoms with Gasteiger partial charge in [0.15, 0.2) is 0 Å². The first kappa shape index (κ1) is 11.5. The van der Waals surface area contributed by atoms with Gasteiger partial charge in [0.25, 0.3) is 0 Å². The Morgan fingerprint density at radius 3 is 2.44 bits per heavy atom. The van der Waals surface area contributed by atoms with Gasteiger partial charge in [0, 0.05) is 10.0 Å². The van der Waals surface area contributed by atoms with E-state index in [1.165, 1.54) is 0 Å². The summed E-state index contributed by atoms with van der Waals surface area (Å²) in [5.74, 6) is -0.772. The molecule has 86 valence electrons. The van der Waals surface area contributed by atoms with E-state index in [1.807, 2.05) is 0 Å². The van der Waals surface area contributed by atoms with Gasteiger partial charge in [-0.2, -0.15) is 0 Å². The first-order valence-electron chi connectivity index (χ1n) is 5.29. The van der Waals surface area contributed by atoms with Gasteiger partial charge in [0.1, 0.15) is 5.75 Å². The number of carbonyl (C=O) groups is 1. The van der Waals surface area contributed by atoms with Crippen LogP contribution in [0.4, 0.5) is 0 Å². The van der Waals surface area contributed by atoms with Crippen molar-refractivity contribution in [2.45, 2.75) is 31.1 Å². The Labute approximate surface area is 102 Å². The second kappa shape index (κ2) is 4.09. The summed E-state index contributed by atoms with van der Waals surface area (Å²) in [5, 5.41) is 19.3. The van der Waals surface area contributed by atoms with Crippen LogP contribution in [-0.2, 0) is 10.2 Å². The molecule has 0 aliphatic heterocycles. The molecule has 1 aromatic rings. The fraction of sp³-hybridized carbons (Fsp3) is 0.417. The third-order valence-electron chi connectivity index (χ3n) is 3.34. The second-order valence-electron chi connectivity index (χ2n) is 4.23. The highest BCUT2D eigenvalue weighted by Gasteiger charge is 2.45. The number of carboxylic acids is 1. The van der Waals surface area contributed by atoms with Gasteiger partial charge in [0.05, 0.1) is 5.41 Å². The molecule has 2 N–H and O–H groups in total. The van der Waals surface area contributed by atoms with Crippen molar-refractivity contribution in [3.05, 3.63) is 28.2 Å². The molecule has 1 fully saturated rings. The minimum atomic E-state index is -0.913. The molecule has 1 saturated carbocycles. The first-order chi connectivity index (χ1) is 7.58. The summed E-state index contributed by atoms with van der Waals surface area (Å²) in [6.07, 6.45) is 2.98. The van der Waals surface area contributed by atoms with Crippen LogP contribution < -0.4 is 0 Å². The topological polar surface area (TPSA) is 57.5 Å². The van der Waals surface area contributed by atoms with E-state index in [0.29, 0.717) is 22.9 Å². The lowest BCUT2D eigenvalue weighted by Crippen LogP contribution is -2.33. The van der Waals surface area contributed by atoms with Gasteiger partial charge in [-0.25, -0.2) is 0 Å². The summed E-state index contributed by atoms with van der Waals surface area (Å²) in [6, 6.07) is 5.02. The zero-order valence-electron chi connectivity index (χ0n) is 8.74. The Morgan fingerprint density at radius 1 is 1.31 bits per heavy atom. The number of aromatic hydroxyl groups is 1. The summed E-state index contributed by atoms with van der Waals surface area (Å²) in [6.45, 7) is 0. The number of benzene rings is 1. The number of halogens is 1. The Bertz CT molecular complexity index is 402. The number of hydrogen-bond donors (Lipinski definition) is 2. The van der Waals surface area contributed by atoms with E-state index in [1.54, 1.807) is 18.2 Å². The second-order valence-corrected chi connectivity index (χ2v) is 5.08. The standard InChI is InChI=1S/C12H13BrO3/c13-8-4-3-5-9(14)10(8)12(11(15)16)6-1-2-7-12/h3-5,14H,1-2,6-7H2,(H,15,16). The molecule has 0 bridgehead atoms. The number of rotatable bonds is 2. The SMILES string of the molecule is O=C(O)C1(c2c(O)cccc2Br)CCCC1. The average molecular weight is 285 g/mol. The normalized spacial score (nSPS) is 18.6. The molecule has 0 saturated heterocycles. The molecule has 0 aromatic heterocycles. The molecule has 2 rings (SSSR count). The van der Waals surface area contributed by atoms with Gasteiger partial charge >= 0.3 is 5.97 Å². The van der Waals surface area contributed by atoms with Crippen LogP contribution in [-0.4, -0.2) is 16.2 Å². The number of phenolic OH excluding ortho intramolecular Hbond substituents is 1. The van der Waals surface area contributed by atoms with E-state index in [0.717, 1.165) is 12.8 Å². The highest BCUT2D eigenvalue weighted by Crippen LogP contribution is 2.47. The van der Waals surface area contributed by atoms with Crippen LogP contribution in [0.3, 0.4) is 0 Å². The van der Waals surface area contributed by atoms with Gasteiger partial charge in [-0.15, -0.1) is 0 Å². The Balaban J connectivity index is 2.60. The fourth-order valence-corrected chi connectivity index (χ4v) is 3.27. The lowest BCUT2D eigenvalue weighted by atomic mass is 9.78. The zero-order chi connectivity index (χ0) is 11.8. The number of hydrogen-bond acceptors (Lipinski definition) is 2. The van der Waals surface area contributed by atoms with Gasteiger partial charge in [0.2, 0.25) is 0 Å². The van der Waals surface area contributed by atoms with Gasteiger partial charge < -0.3 is 10.2 Å². The lowest BCUT2D eigenvalue weighted by Gasteiger charge is -2.26. The van der Waals surface area contributed by atoms with E-state index in [9.17, 15) is 15.0 Å². The predicted molar refractivity (Wildman–Crippen MR) is 63.6 cm³/mol. The Kier molecular flexibility index (Phi) is 2.93. The van der Waals surface area contributed by atoms with Crippen LogP contribution in [0.2, 0.25) is 0 Å². The van der Waals surface area contributed by atoms with Crippen molar-refractivity contribution in [3.8, 4) is 5.75 Å². The molecule has 3 nitrogen and oxygen atoms in total. The smallest absolute Gasteiger partial charge is 0.314 e. The minimum absolute atomic E-state index is 0.0682. The van der Waals surface area contributed by atoms with E-state index in [2.05, 4.69) is 15.9 Å². The van der Waals surface area contributed by atoms with E-state index < -0.39 is 11.4 Å². The molecule has 1 aromatic carbocycles. The lowest BCUT2D eigenvalue weighted by molar-refractivity contribution is -0.143. The molecule has 1 aliphatic carbocycles. The van der Waals surface area contributed by atoms with E-state index in [-0.39, 0.29) is 5.75 Å². The van der Waals surface area contributed by atoms with Crippen LogP contribution in [0.25, 0.3) is 0 Å². The quantitative estimate of drug-likeness (QED) is 0.878. The molecular weight excluding hydrogens is 272 g/mol. The third-order valence-corrected chi connectivity index (χ3v) is 4.00. The van der Waals surface area contributed by atoms with Crippen molar-refractivity contribution in [1.82, 2.24) is 0 Å². The summed E-state index contributed by atoms with van der Waals surface area (Å²) in [4.78, 5) is 11.5. The molecule has 4 heteroatoms. The van der Waals surface area contributed by atoms with Crippen molar-refractivity contribution >= 4 is 21.9 Å². The maximum atomic E-state index is 11.5. The summed E-state index contributed by atoms with van der Waals surface area (Å²) in [7, 11) is 0. The van der Waals surface area contributed by atoms with Crippen molar-refractivity contribution in [3.63, 3.8) is 0 Å². The molecule has 0 heterocycles. The van der Waals surface area contributed by atoms with Crippen LogP contribution in [0.1, 0.15) is 31.2 Å². The molecular formula is C12H13BrO3. The number of carboxylic acid groups (broad SMARTS) is 1. The van der Waals surface area contributed by atoms with E-state index in [4.69, 9.17) is 0 Å². The summed E-state index contributed by atoms with van der Waals surface area (Å²) < 4.78 is 0.678. The maximum Gasteiger partial charge on any atom is 0.314 e. The highest BCUT2D eigenvalue weighted by atomic mass is 79.9. The van der Waals surface area contributed by atoms with Crippen molar-refractivity contribution in [2.75, 3.05) is 0 Å². The molecule has 16 heavy (non-hydrogen) atoms. The fourth-order valence-electron chi connectivity index (χ4n) is 2.54. The molecule has 0 spiro atoms. The van der Waals surface area contributed by atoms with Crippen molar-refractivity contribution in [1.29, 1.82) is 0 Å². The molecule has 0 unspecified atom stereocenters. The molecule has 1 aliphatic rings. The van der Waals surface area contributed by atoms with Gasteiger partial charge in [-0.3, -0.25) is 4.79 Å². The zero-order valence-corrected chi connectivity index (χ0v) is 10.3. The Morgan fingerprint density at radius 2 is 1.94 bits per heavy atom. The number of aliphatic carboxylic acids is 1. The monoisotopic (exact) mass is 284 g/mol. The van der Waals surface area contributed by atoms with Gasteiger partial charge in [-0.05, 0) is 25.0 Å². The third kappa shape index (κ3) is 1.61. The largest absolute Gasteiger partial charge is 0.508 e. The molecule has 0 amide bonds. The van der Waals surface area contributed by atoms with E-state index >= 15 is 0 Å². The van der Waals surface area contributed by atoms with Crippen molar-refractivity contribution in [2.24, 2.45) is 0 Å². The summed E-state index contributed by atoms with van der Waals surface area (Å²) >= 11 is 3.34. The maximum absolute atomic E-state index is 11.5. The van der Waals surface area contributed by atoms with Crippen LogP contribution in [0.15, 0.2) is 22.7 Å². The average Bonchev–Trinajstić information content (AvgIpc) is 2.67. The minimum Gasteiger partial charge on any atom is -0.508 e.